The molecule has 2 N–H and O–H groups in total. The monoisotopic (exact) mass is 258 g/mol. The zero-order chi connectivity index (χ0) is 13.9. The third-order valence-electron chi connectivity index (χ3n) is 2.65. The highest BCUT2D eigenvalue weighted by molar-refractivity contribution is 5.91. The summed E-state index contributed by atoms with van der Waals surface area (Å²) in [6.07, 6.45) is 0. The average molecular weight is 258 g/mol. The van der Waals surface area contributed by atoms with Crippen LogP contribution in [0.25, 0.3) is 0 Å². The normalized spacial score (nSPS) is 21.0. The molecule has 0 saturated carbocycles. The molecule has 6 nitrogen and oxygen atoms in total. The number of nitrogens with zero attached hydrogens (tertiary/aromatic N) is 1. The van der Waals surface area contributed by atoms with Gasteiger partial charge in [-0.25, -0.2) is 0 Å². The van der Waals surface area contributed by atoms with Crippen LogP contribution in [-0.4, -0.2) is 59.3 Å². The molecular formula is C12H22N2O4. The summed E-state index contributed by atoms with van der Waals surface area (Å²) in [6.45, 7) is 7.41. The maximum atomic E-state index is 12.1. The molecule has 0 aliphatic carbocycles. The van der Waals surface area contributed by atoms with Gasteiger partial charge in [-0.1, -0.05) is 0 Å². The van der Waals surface area contributed by atoms with Crippen molar-refractivity contribution < 1.29 is 19.4 Å². The van der Waals surface area contributed by atoms with E-state index in [0.717, 1.165) is 0 Å². The van der Waals surface area contributed by atoms with E-state index in [2.05, 4.69) is 5.32 Å². The lowest BCUT2D eigenvalue weighted by molar-refractivity contribution is -0.161. The lowest BCUT2D eigenvalue weighted by Gasteiger charge is -2.37. The molecule has 1 aliphatic rings. The summed E-state index contributed by atoms with van der Waals surface area (Å²) < 4.78 is 5.24. The van der Waals surface area contributed by atoms with E-state index in [-0.39, 0.29) is 18.6 Å². The van der Waals surface area contributed by atoms with Gasteiger partial charge in [0, 0.05) is 12.6 Å². The van der Waals surface area contributed by atoms with Gasteiger partial charge in [0.15, 0.2) is 0 Å². The minimum Gasteiger partial charge on any atom is -0.381 e. The van der Waals surface area contributed by atoms with Gasteiger partial charge in [-0.15, -0.1) is 0 Å². The molecule has 2 amide bonds. The van der Waals surface area contributed by atoms with Gasteiger partial charge in [0.1, 0.15) is 11.6 Å². The summed E-state index contributed by atoms with van der Waals surface area (Å²) in [5.74, 6) is -0.697. The van der Waals surface area contributed by atoms with Crippen LogP contribution < -0.4 is 5.32 Å². The molecule has 0 bridgehead atoms. The molecule has 1 aliphatic heterocycles. The summed E-state index contributed by atoms with van der Waals surface area (Å²) in [6, 6.07) is -0.668. The Morgan fingerprint density at radius 1 is 1.44 bits per heavy atom. The Balaban J connectivity index is 2.80. The fourth-order valence-electron chi connectivity index (χ4n) is 1.80. The fourth-order valence-corrected chi connectivity index (χ4v) is 1.80. The number of hydrogen-bond donors (Lipinski definition) is 2. The third kappa shape index (κ3) is 3.68. The standard InChI is InChI=1S/C12H22N2O4/c1-8(2)13-10(15)9-7-18-6-5-14(9)11(16)12(3,4)17/h8-9,17H,5-7H2,1-4H3,(H,13,15). The molecule has 6 heteroatoms. The lowest BCUT2D eigenvalue weighted by Crippen LogP contribution is -2.60. The van der Waals surface area contributed by atoms with Crippen molar-refractivity contribution in [2.24, 2.45) is 0 Å². The largest absolute Gasteiger partial charge is 0.381 e. The Labute approximate surface area is 107 Å². The maximum absolute atomic E-state index is 12.1. The molecule has 0 aromatic rings. The van der Waals surface area contributed by atoms with Crippen molar-refractivity contribution in [2.45, 2.75) is 45.4 Å². The first-order chi connectivity index (χ1) is 8.23. The van der Waals surface area contributed by atoms with E-state index in [9.17, 15) is 14.7 Å². The minimum atomic E-state index is -1.48. The van der Waals surface area contributed by atoms with Crippen LogP contribution in [0.1, 0.15) is 27.7 Å². The summed E-state index contributed by atoms with van der Waals surface area (Å²) in [7, 11) is 0. The summed E-state index contributed by atoms with van der Waals surface area (Å²) >= 11 is 0. The topological polar surface area (TPSA) is 78.9 Å². The molecular weight excluding hydrogens is 236 g/mol. The smallest absolute Gasteiger partial charge is 0.254 e. The first kappa shape index (κ1) is 14.9. The molecule has 0 aromatic heterocycles. The second-order valence-electron chi connectivity index (χ2n) is 5.31. The van der Waals surface area contributed by atoms with Crippen LogP contribution in [0.2, 0.25) is 0 Å². The van der Waals surface area contributed by atoms with Gasteiger partial charge in [-0.3, -0.25) is 9.59 Å². The molecule has 1 atom stereocenters. The van der Waals surface area contributed by atoms with Gasteiger partial charge in [-0.2, -0.15) is 0 Å². The number of ether oxygens (including phenoxy) is 1. The number of hydrogen-bond acceptors (Lipinski definition) is 4. The fraction of sp³-hybridized carbons (Fsp3) is 0.833. The van der Waals surface area contributed by atoms with E-state index in [4.69, 9.17) is 4.74 Å². The highest BCUT2D eigenvalue weighted by Crippen LogP contribution is 2.14. The van der Waals surface area contributed by atoms with Crippen LogP contribution in [-0.2, 0) is 14.3 Å². The number of morpholine rings is 1. The number of aliphatic hydroxyl groups is 1. The number of carbonyl (C=O) groups excluding carboxylic acids is 2. The SMILES string of the molecule is CC(C)NC(=O)C1COCCN1C(=O)C(C)(C)O. The van der Waals surface area contributed by atoms with E-state index >= 15 is 0 Å². The average Bonchev–Trinajstić information content (AvgIpc) is 2.26. The Morgan fingerprint density at radius 2 is 2.06 bits per heavy atom. The number of nitrogens with one attached hydrogen (secondary N) is 1. The van der Waals surface area contributed by atoms with Crippen molar-refractivity contribution in [3.8, 4) is 0 Å². The first-order valence-corrected chi connectivity index (χ1v) is 6.15. The van der Waals surface area contributed by atoms with Gasteiger partial charge in [0.05, 0.1) is 13.2 Å². The van der Waals surface area contributed by atoms with Gasteiger partial charge in [-0.05, 0) is 27.7 Å². The zero-order valence-corrected chi connectivity index (χ0v) is 11.4. The van der Waals surface area contributed by atoms with Crippen molar-refractivity contribution in [1.29, 1.82) is 0 Å². The molecule has 1 heterocycles. The second-order valence-corrected chi connectivity index (χ2v) is 5.31. The van der Waals surface area contributed by atoms with E-state index in [1.54, 1.807) is 0 Å². The zero-order valence-electron chi connectivity index (χ0n) is 11.4. The van der Waals surface area contributed by atoms with Crippen molar-refractivity contribution in [1.82, 2.24) is 10.2 Å². The van der Waals surface area contributed by atoms with Crippen LogP contribution in [0, 0.1) is 0 Å². The van der Waals surface area contributed by atoms with E-state index in [1.165, 1.54) is 18.7 Å². The predicted octanol–water partition coefficient (Wildman–Crippen LogP) is -0.491. The molecule has 18 heavy (non-hydrogen) atoms. The molecule has 1 unspecified atom stereocenters. The molecule has 104 valence electrons. The van der Waals surface area contributed by atoms with Crippen molar-refractivity contribution in [3.05, 3.63) is 0 Å². The Bertz CT molecular complexity index is 323. The minimum absolute atomic E-state index is 0.00137. The number of amides is 2. The van der Waals surface area contributed by atoms with Crippen molar-refractivity contribution >= 4 is 11.8 Å². The number of carbonyl (C=O) groups is 2. The van der Waals surface area contributed by atoms with Gasteiger partial charge < -0.3 is 20.1 Å². The van der Waals surface area contributed by atoms with Gasteiger partial charge >= 0.3 is 0 Å². The summed E-state index contributed by atoms with van der Waals surface area (Å²) in [5.41, 5.74) is -1.48. The number of rotatable bonds is 3. The Morgan fingerprint density at radius 3 is 2.56 bits per heavy atom. The third-order valence-corrected chi connectivity index (χ3v) is 2.65. The van der Waals surface area contributed by atoms with Crippen LogP contribution in [0.5, 0.6) is 0 Å². The lowest BCUT2D eigenvalue weighted by atomic mass is 10.1. The quantitative estimate of drug-likeness (QED) is 0.716. The molecule has 0 radical (unpaired) electrons. The maximum Gasteiger partial charge on any atom is 0.254 e. The second kappa shape index (κ2) is 5.67. The predicted molar refractivity (Wildman–Crippen MR) is 65.9 cm³/mol. The molecule has 0 spiro atoms. The summed E-state index contributed by atoms with van der Waals surface area (Å²) in [4.78, 5) is 25.4. The molecule has 1 rings (SSSR count). The van der Waals surface area contributed by atoms with Crippen LogP contribution >= 0.6 is 0 Å². The molecule has 0 aromatic carbocycles. The summed E-state index contributed by atoms with van der Waals surface area (Å²) in [5, 5.41) is 12.5. The van der Waals surface area contributed by atoms with Gasteiger partial charge in [0.2, 0.25) is 5.91 Å². The van der Waals surface area contributed by atoms with E-state index in [1.807, 2.05) is 13.8 Å². The van der Waals surface area contributed by atoms with Crippen molar-refractivity contribution in [3.63, 3.8) is 0 Å². The van der Waals surface area contributed by atoms with Crippen LogP contribution in [0.3, 0.4) is 0 Å². The van der Waals surface area contributed by atoms with E-state index < -0.39 is 17.6 Å². The van der Waals surface area contributed by atoms with Crippen molar-refractivity contribution in [2.75, 3.05) is 19.8 Å². The first-order valence-electron chi connectivity index (χ1n) is 6.15. The molecule has 1 fully saturated rings. The highest BCUT2D eigenvalue weighted by atomic mass is 16.5. The van der Waals surface area contributed by atoms with Gasteiger partial charge in [0.25, 0.3) is 5.91 Å². The highest BCUT2D eigenvalue weighted by Gasteiger charge is 2.38. The Hall–Kier alpha value is -1.14. The van der Waals surface area contributed by atoms with E-state index in [0.29, 0.717) is 13.2 Å². The van der Waals surface area contributed by atoms with Crippen LogP contribution in [0.15, 0.2) is 0 Å². The Kier molecular flexibility index (Phi) is 4.70. The molecule has 1 saturated heterocycles. The van der Waals surface area contributed by atoms with Crippen LogP contribution in [0.4, 0.5) is 0 Å².